The van der Waals surface area contributed by atoms with Crippen molar-refractivity contribution in [2.45, 2.75) is 57.4 Å². The minimum absolute atomic E-state index is 0. The Morgan fingerprint density at radius 2 is 1.86 bits per heavy atom. The van der Waals surface area contributed by atoms with Crippen LogP contribution in [0.25, 0.3) is 0 Å². The van der Waals surface area contributed by atoms with E-state index >= 15 is 0 Å². The number of nitrogens with zero attached hydrogens (tertiary/aromatic N) is 2. The van der Waals surface area contributed by atoms with E-state index in [2.05, 4.69) is 46.0 Å². The minimum atomic E-state index is 0. The third-order valence-corrected chi connectivity index (χ3v) is 6.08. The van der Waals surface area contributed by atoms with Crippen molar-refractivity contribution in [2.75, 3.05) is 26.7 Å². The predicted molar refractivity (Wildman–Crippen MR) is 126 cm³/mol. The summed E-state index contributed by atoms with van der Waals surface area (Å²) < 4.78 is 0. The van der Waals surface area contributed by atoms with Gasteiger partial charge >= 0.3 is 0 Å². The SMILES string of the molecule is CCC(=O)N1CCC(NC(=NC)NCC2CCC(c3ccccc3)CC2)C1.I. The zero-order chi connectivity index (χ0) is 19.1. The van der Waals surface area contributed by atoms with Crippen molar-refractivity contribution in [3.63, 3.8) is 0 Å². The number of likely N-dealkylation sites (tertiary alicyclic amines) is 1. The zero-order valence-corrected chi connectivity index (χ0v) is 19.5. The van der Waals surface area contributed by atoms with Gasteiger partial charge in [-0.3, -0.25) is 9.79 Å². The van der Waals surface area contributed by atoms with Crippen molar-refractivity contribution in [1.82, 2.24) is 15.5 Å². The quantitative estimate of drug-likeness (QED) is 0.370. The van der Waals surface area contributed by atoms with Crippen molar-refractivity contribution in [3.05, 3.63) is 35.9 Å². The molecule has 3 rings (SSSR count). The Hall–Kier alpha value is -1.31. The second-order valence-corrected chi connectivity index (χ2v) is 7.90. The van der Waals surface area contributed by atoms with E-state index in [1.165, 1.54) is 31.2 Å². The lowest BCUT2D eigenvalue weighted by Crippen LogP contribution is -2.46. The molecule has 1 saturated heterocycles. The van der Waals surface area contributed by atoms with Crippen LogP contribution in [0.5, 0.6) is 0 Å². The minimum Gasteiger partial charge on any atom is -0.356 e. The van der Waals surface area contributed by atoms with Crippen LogP contribution in [0.15, 0.2) is 35.3 Å². The molecule has 1 amide bonds. The van der Waals surface area contributed by atoms with Crippen LogP contribution in [0.3, 0.4) is 0 Å². The van der Waals surface area contributed by atoms with Gasteiger partial charge in [0.25, 0.3) is 0 Å². The molecule has 1 unspecified atom stereocenters. The number of aliphatic imine (C=N–C) groups is 1. The summed E-state index contributed by atoms with van der Waals surface area (Å²) >= 11 is 0. The number of rotatable bonds is 5. The Balaban J connectivity index is 0.00000280. The summed E-state index contributed by atoms with van der Waals surface area (Å²) in [7, 11) is 1.82. The highest BCUT2D eigenvalue weighted by Gasteiger charge is 2.26. The van der Waals surface area contributed by atoms with Gasteiger partial charge in [0.2, 0.25) is 5.91 Å². The predicted octanol–water partition coefficient (Wildman–Crippen LogP) is 3.75. The second-order valence-electron chi connectivity index (χ2n) is 7.90. The van der Waals surface area contributed by atoms with Crippen LogP contribution in [0.2, 0.25) is 0 Å². The third kappa shape index (κ3) is 6.36. The van der Waals surface area contributed by atoms with E-state index in [0.29, 0.717) is 18.4 Å². The topological polar surface area (TPSA) is 56.7 Å². The lowest BCUT2D eigenvalue weighted by molar-refractivity contribution is -0.129. The first kappa shape index (κ1) is 23.0. The molecule has 1 aromatic carbocycles. The van der Waals surface area contributed by atoms with Crippen LogP contribution in [0.4, 0.5) is 0 Å². The maximum Gasteiger partial charge on any atom is 0.222 e. The first-order chi connectivity index (χ1) is 13.2. The average Bonchev–Trinajstić information content (AvgIpc) is 3.20. The molecule has 0 radical (unpaired) electrons. The van der Waals surface area contributed by atoms with Crippen molar-refractivity contribution >= 4 is 35.8 Å². The molecule has 1 heterocycles. The molecule has 28 heavy (non-hydrogen) atoms. The Kier molecular flexibility index (Phi) is 9.55. The van der Waals surface area contributed by atoms with Crippen molar-refractivity contribution in [2.24, 2.45) is 10.9 Å². The van der Waals surface area contributed by atoms with E-state index in [-0.39, 0.29) is 29.9 Å². The van der Waals surface area contributed by atoms with Gasteiger partial charge in [-0.1, -0.05) is 37.3 Å². The number of hydrogen-bond acceptors (Lipinski definition) is 2. The Bertz CT molecular complexity index is 629. The highest BCUT2D eigenvalue weighted by atomic mass is 127. The van der Waals surface area contributed by atoms with Crippen LogP contribution >= 0.6 is 24.0 Å². The molecule has 1 aromatic rings. The van der Waals surface area contributed by atoms with E-state index in [1.807, 2.05) is 18.9 Å². The van der Waals surface area contributed by atoms with E-state index in [9.17, 15) is 4.79 Å². The summed E-state index contributed by atoms with van der Waals surface area (Å²) in [5.41, 5.74) is 1.49. The number of nitrogens with one attached hydrogen (secondary N) is 2. The summed E-state index contributed by atoms with van der Waals surface area (Å²) in [6.45, 7) is 4.54. The van der Waals surface area contributed by atoms with Crippen molar-refractivity contribution in [1.29, 1.82) is 0 Å². The maximum absolute atomic E-state index is 11.8. The standard InChI is InChI=1S/C22H34N4O.HI/c1-3-21(27)26-14-13-20(16-26)25-22(23-2)24-15-17-9-11-19(12-10-17)18-7-5-4-6-8-18;/h4-8,17,19-20H,3,9-16H2,1-2H3,(H2,23,24,25);1H. The number of amides is 1. The Morgan fingerprint density at radius 1 is 1.14 bits per heavy atom. The molecule has 1 aliphatic carbocycles. The summed E-state index contributed by atoms with van der Waals surface area (Å²) in [6.07, 6.45) is 6.68. The maximum atomic E-state index is 11.8. The van der Waals surface area contributed by atoms with Crippen LogP contribution in [0, 0.1) is 5.92 Å². The lowest BCUT2D eigenvalue weighted by Gasteiger charge is -2.29. The van der Waals surface area contributed by atoms with Crippen LogP contribution in [0.1, 0.15) is 56.9 Å². The van der Waals surface area contributed by atoms with E-state index in [0.717, 1.165) is 37.9 Å². The molecular weight excluding hydrogens is 463 g/mol. The van der Waals surface area contributed by atoms with Crippen molar-refractivity contribution in [3.8, 4) is 0 Å². The fraction of sp³-hybridized carbons (Fsp3) is 0.636. The van der Waals surface area contributed by atoms with E-state index < -0.39 is 0 Å². The highest BCUT2D eigenvalue weighted by molar-refractivity contribution is 14.0. The van der Waals surface area contributed by atoms with Gasteiger partial charge in [0.1, 0.15) is 0 Å². The molecule has 2 fully saturated rings. The molecular formula is C22H35IN4O. The number of carbonyl (C=O) groups is 1. The van der Waals surface area contributed by atoms with Crippen LogP contribution in [-0.4, -0.2) is 49.5 Å². The number of benzene rings is 1. The zero-order valence-electron chi connectivity index (χ0n) is 17.2. The Labute approximate surface area is 186 Å². The Morgan fingerprint density at radius 3 is 2.50 bits per heavy atom. The van der Waals surface area contributed by atoms with Gasteiger partial charge in [0, 0.05) is 39.1 Å². The molecule has 6 heteroatoms. The van der Waals surface area contributed by atoms with Gasteiger partial charge in [-0.05, 0) is 49.5 Å². The molecule has 1 atom stereocenters. The summed E-state index contributed by atoms with van der Waals surface area (Å²) in [5.74, 6) is 2.55. The van der Waals surface area contributed by atoms with Gasteiger partial charge in [-0.2, -0.15) is 0 Å². The molecule has 0 spiro atoms. The first-order valence-corrected chi connectivity index (χ1v) is 10.5. The average molecular weight is 498 g/mol. The van der Waals surface area contributed by atoms with Crippen molar-refractivity contribution < 1.29 is 4.79 Å². The monoisotopic (exact) mass is 498 g/mol. The molecule has 2 aliphatic rings. The van der Waals surface area contributed by atoms with Gasteiger partial charge in [0.15, 0.2) is 5.96 Å². The molecule has 1 aliphatic heterocycles. The third-order valence-electron chi connectivity index (χ3n) is 6.08. The van der Waals surface area contributed by atoms with Crippen LogP contribution < -0.4 is 10.6 Å². The molecule has 1 saturated carbocycles. The number of halogens is 1. The van der Waals surface area contributed by atoms with E-state index in [1.54, 1.807) is 0 Å². The molecule has 2 N–H and O–H groups in total. The smallest absolute Gasteiger partial charge is 0.222 e. The van der Waals surface area contributed by atoms with Crippen LogP contribution in [-0.2, 0) is 4.79 Å². The molecule has 0 bridgehead atoms. The van der Waals surface area contributed by atoms with Gasteiger partial charge in [-0.25, -0.2) is 0 Å². The largest absolute Gasteiger partial charge is 0.356 e. The molecule has 0 aromatic heterocycles. The first-order valence-electron chi connectivity index (χ1n) is 10.5. The van der Waals surface area contributed by atoms with Gasteiger partial charge in [-0.15, -0.1) is 24.0 Å². The van der Waals surface area contributed by atoms with Gasteiger partial charge in [0.05, 0.1) is 0 Å². The summed E-state index contributed by atoms with van der Waals surface area (Å²) in [6, 6.07) is 11.2. The lowest BCUT2D eigenvalue weighted by atomic mass is 9.79. The van der Waals surface area contributed by atoms with Gasteiger partial charge < -0.3 is 15.5 Å². The fourth-order valence-electron chi connectivity index (χ4n) is 4.38. The molecule has 156 valence electrons. The number of hydrogen-bond donors (Lipinski definition) is 2. The number of carbonyl (C=O) groups excluding carboxylic acids is 1. The molecule has 5 nitrogen and oxygen atoms in total. The highest BCUT2D eigenvalue weighted by Crippen LogP contribution is 2.35. The number of guanidine groups is 1. The fourth-order valence-corrected chi connectivity index (χ4v) is 4.38. The normalized spacial score (nSPS) is 25.1. The summed E-state index contributed by atoms with van der Waals surface area (Å²) in [4.78, 5) is 18.2. The second kappa shape index (κ2) is 11.6. The summed E-state index contributed by atoms with van der Waals surface area (Å²) in [5, 5.41) is 7.01. The van der Waals surface area contributed by atoms with E-state index in [4.69, 9.17) is 0 Å².